The molecule has 0 aliphatic heterocycles. The topological polar surface area (TPSA) is 39.7 Å². The molecular formula is C13H29IN4. The van der Waals surface area contributed by atoms with Gasteiger partial charge in [0.05, 0.1) is 6.54 Å². The maximum absolute atomic E-state index is 4.50. The van der Waals surface area contributed by atoms with Crippen LogP contribution in [-0.2, 0) is 0 Å². The highest BCUT2D eigenvalue weighted by Crippen LogP contribution is 1.91. The minimum absolute atomic E-state index is 0. The van der Waals surface area contributed by atoms with Crippen LogP contribution in [0, 0.1) is 0 Å². The van der Waals surface area contributed by atoms with E-state index in [1.165, 1.54) is 12.8 Å². The maximum Gasteiger partial charge on any atom is 0.191 e. The van der Waals surface area contributed by atoms with E-state index in [-0.39, 0.29) is 24.0 Å². The third-order valence-corrected chi connectivity index (χ3v) is 2.40. The fraction of sp³-hybridized carbons (Fsp3) is 0.769. The van der Waals surface area contributed by atoms with E-state index in [9.17, 15) is 0 Å². The van der Waals surface area contributed by atoms with Gasteiger partial charge in [-0.25, -0.2) is 0 Å². The van der Waals surface area contributed by atoms with Crippen LogP contribution in [0.5, 0.6) is 0 Å². The Labute approximate surface area is 129 Å². The highest BCUT2D eigenvalue weighted by atomic mass is 127. The second kappa shape index (κ2) is 14.8. The molecule has 18 heavy (non-hydrogen) atoms. The maximum atomic E-state index is 4.50. The first-order chi connectivity index (χ1) is 8.24. The number of halogens is 1. The molecular weight excluding hydrogens is 339 g/mol. The minimum Gasteiger partial charge on any atom is -0.357 e. The largest absolute Gasteiger partial charge is 0.357 e. The van der Waals surface area contributed by atoms with Gasteiger partial charge in [0.2, 0.25) is 0 Å². The Morgan fingerprint density at radius 1 is 1.28 bits per heavy atom. The van der Waals surface area contributed by atoms with Crippen LogP contribution in [0.15, 0.2) is 17.6 Å². The Bertz CT molecular complexity index is 219. The van der Waals surface area contributed by atoms with Crippen molar-refractivity contribution in [3.05, 3.63) is 12.7 Å². The molecule has 0 bridgehead atoms. The first-order valence-electron chi connectivity index (χ1n) is 6.56. The first-order valence-corrected chi connectivity index (χ1v) is 6.56. The van der Waals surface area contributed by atoms with Gasteiger partial charge in [0.25, 0.3) is 0 Å². The molecule has 0 atom stereocenters. The molecule has 4 nitrogen and oxygen atoms in total. The summed E-state index contributed by atoms with van der Waals surface area (Å²) in [7, 11) is 2.15. The average molecular weight is 368 g/mol. The predicted octanol–water partition coefficient (Wildman–Crippen LogP) is 2.08. The molecule has 0 saturated heterocycles. The summed E-state index contributed by atoms with van der Waals surface area (Å²) in [4.78, 5) is 6.83. The van der Waals surface area contributed by atoms with Crippen molar-refractivity contribution in [1.29, 1.82) is 0 Å². The molecule has 0 spiro atoms. The van der Waals surface area contributed by atoms with Crippen molar-refractivity contribution in [3.8, 4) is 0 Å². The molecule has 0 aromatic heterocycles. The summed E-state index contributed by atoms with van der Waals surface area (Å²) in [5.41, 5.74) is 0. The second-order valence-corrected chi connectivity index (χ2v) is 4.09. The van der Waals surface area contributed by atoms with Gasteiger partial charge in [-0.3, -0.25) is 4.99 Å². The highest BCUT2D eigenvalue weighted by molar-refractivity contribution is 14.0. The van der Waals surface area contributed by atoms with Crippen molar-refractivity contribution in [3.63, 3.8) is 0 Å². The lowest BCUT2D eigenvalue weighted by molar-refractivity contribution is 0.337. The molecule has 2 N–H and O–H groups in total. The lowest BCUT2D eigenvalue weighted by Gasteiger charge is -2.15. The van der Waals surface area contributed by atoms with Crippen LogP contribution in [0.1, 0.15) is 26.7 Å². The van der Waals surface area contributed by atoms with E-state index < -0.39 is 0 Å². The fourth-order valence-electron chi connectivity index (χ4n) is 1.38. The Balaban J connectivity index is 0. The quantitative estimate of drug-likeness (QED) is 0.283. The number of hydrogen-bond donors (Lipinski definition) is 2. The summed E-state index contributed by atoms with van der Waals surface area (Å²) in [6, 6.07) is 0. The molecule has 0 amide bonds. The summed E-state index contributed by atoms with van der Waals surface area (Å²) >= 11 is 0. The average Bonchev–Trinajstić information content (AvgIpc) is 2.33. The SMILES string of the molecule is C=CCNC(=NCCN(C)CCCC)NCC.I. The third kappa shape index (κ3) is 12.2. The van der Waals surface area contributed by atoms with Gasteiger partial charge in [-0.15, -0.1) is 30.6 Å². The summed E-state index contributed by atoms with van der Waals surface area (Å²) in [6.07, 6.45) is 4.34. The van der Waals surface area contributed by atoms with Crippen molar-refractivity contribution < 1.29 is 0 Å². The van der Waals surface area contributed by atoms with Crippen LogP contribution in [0.25, 0.3) is 0 Å². The van der Waals surface area contributed by atoms with Gasteiger partial charge in [0.15, 0.2) is 5.96 Å². The van der Waals surface area contributed by atoms with Crippen LogP contribution in [0.4, 0.5) is 0 Å². The Morgan fingerprint density at radius 2 is 2.00 bits per heavy atom. The molecule has 0 rings (SSSR count). The second-order valence-electron chi connectivity index (χ2n) is 4.09. The molecule has 0 fully saturated rings. The summed E-state index contributed by atoms with van der Waals surface area (Å²) in [5.74, 6) is 0.872. The normalized spacial score (nSPS) is 11.0. The van der Waals surface area contributed by atoms with Gasteiger partial charge < -0.3 is 15.5 Å². The smallest absolute Gasteiger partial charge is 0.191 e. The van der Waals surface area contributed by atoms with E-state index in [0.717, 1.165) is 38.7 Å². The molecule has 108 valence electrons. The molecule has 0 saturated carbocycles. The number of likely N-dealkylation sites (N-methyl/N-ethyl adjacent to an activating group) is 1. The molecule has 5 heteroatoms. The molecule has 0 aromatic carbocycles. The number of nitrogens with one attached hydrogen (secondary N) is 2. The third-order valence-electron chi connectivity index (χ3n) is 2.40. The van der Waals surface area contributed by atoms with Gasteiger partial charge in [0.1, 0.15) is 0 Å². The Morgan fingerprint density at radius 3 is 2.56 bits per heavy atom. The molecule has 0 heterocycles. The zero-order valence-electron chi connectivity index (χ0n) is 12.0. The minimum atomic E-state index is 0. The summed E-state index contributed by atoms with van der Waals surface area (Å²) in [5, 5.41) is 6.40. The van der Waals surface area contributed by atoms with Gasteiger partial charge >= 0.3 is 0 Å². The van der Waals surface area contributed by atoms with E-state index in [1.54, 1.807) is 0 Å². The Kier molecular flexibility index (Phi) is 16.4. The lowest BCUT2D eigenvalue weighted by Crippen LogP contribution is -2.38. The van der Waals surface area contributed by atoms with Gasteiger partial charge in [0, 0.05) is 19.6 Å². The molecule has 0 radical (unpaired) electrons. The van der Waals surface area contributed by atoms with E-state index >= 15 is 0 Å². The van der Waals surface area contributed by atoms with E-state index in [2.05, 4.69) is 48.0 Å². The number of rotatable bonds is 9. The number of hydrogen-bond acceptors (Lipinski definition) is 2. The summed E-state index contributed by atoms with van der Waals surface area (Å²) in [6.45, 7) is 12.6. The Hall–Kier alpha value is -0.300. The lowest BCUT2D eigenvalue weighted by atomic mass is 10.3. The molecule has 0 aliphatic rings. The van der Waals surface area contributed by atoms with E-state index in [0.29, 0.717) is 0 Å². The predicted molar refractivity (Wildman–Crippen MR) is 92.0 cm³/mol. The van der Waals surface area contributed by atoms with Crippen LogP contribution >= 0.6 is 24.0 Å². The monoisotopic (exact) mass is 368 g/mol. The van der Waals surface area contributed by atoms with Crippen LogP contribution in [0.3, 0.4) is 0 Å². The van der Waals surface area contributed by atoms with Crippen molar-refractivity contribution in [2.75, 3.05) is 39.8 Å². The number of unbranched alkanes of at least 4 members (excludes halogenated alkanes) is 1. The standard InChI is InChI=1S/C13H28N4.HI/c1-5-8-11-17(4)12-10-16-13(14-7-3)15-9-6-2;/h6H,2,5,7-12H2,1,3-4H3,(H2,14,15,16);1H. The van der Waals surface area contributed by atoms with Crippen LogP contribution in [0.2, 0.25) is 0 Å². The number of guanidine groups is 1. The van der Waals surface area contributed by atoms with Crippen molar-refractivity contribution in [1.82, 2.24) is 15.5 Å². The zero-order chi connectivity index (χ0) is 12.9. The summed E-state index contributed by atoms with van der Waals surface area (Å²) < 4.78 is 0. The van der Waals surface area contributed by atoms with Crippen molar-refractivity contribution in [2.45, 2.75) is 26.7 Å². The van der Waals surface area contributed by atoms with Gasteiger partial charge in [-0.2, -0.15) is 0 Å². The van der Waals surface area contributed by atoms with Crippen molar-refractivity contribution >= 4 is 29.9 Å². The fourth-order valence-corrected chi connectivity index (χ4v) is 1.38. The van der Waals surface area contributed by atoms with Gasteiger partial charge in [-0.05, 0) is 26.9 Å². The molecule has 0 aliphatic carbocycles. The number of aliphatic imine (C=N–C) groups is 1. The van der Waals surface area contributed by atoms with E-state index in [4.69, 9.17) is 0 Å². The van der Waals surface area contributed by atoms with Crippen molar-refractivity contribution in [2.24, 2.45) is 4.99 Å². The van der Waals surface area contributed by atoms with E-state index in [1.807, 2.05) is 6.08 Å². The van der Waals surface area contributed by atoms with Gasteiger partial charge in [-0.1, -0.05) is 19.4 Å². The van der Waals surface area contributed by atoms with Crippen LogP contribution < -0.4 is 10.6 Å². The first kappa shape index (κ1) is 20.0. The van der Waals surface area contributed by atoms with Crippen LogP contribution in [-0.4, -0.2) is 50.6 Å². The molecule has 0 unspecified atom stereocenters. The molecule has 0 aromatic rings. The highest BCUT2D eigenvalue weighted by Gasteiger charge is 1.97. The zero-order valence-corrected chi connectivity index (χ0v) is 14.4. The number of nitrogens with zero attached hydrogens (tertiary/aromatic N) is 2.